The Kier molecular flexibility index (Phi) is 5.68. The summed E-state index contributed by atoms with van der Waals surface area (Å²) < 4.78 is 19.9. The molecule has 1 rings (SSSR count). The van der Waals surface area contributed by atoms with Crippen molar-refractivity contribution < 1.29 is 13.9 Å². The van der Waals surface area contributed by atoms with Crippen molar-refractivity contribution in [2.24, 2.45) is 5.41 Å². The Labute approximate surface area is 122 Å². The topological polar surface area (TPSA) is 26.3 Å². The molecule has 1 aromatic rings. The van der Waals surface area contributed by atoms with Gasteiger partial charge in [-0.25, -0.2) is 4.39 Å². The van der Waals surface area contributed by atoms with Crippen LogP contribution in [0.4, 0.5) is 4.39 Å². The molecule has 0 fully saturated rings. The molecule has 19 heavy (non-hydrogen) atoms. The number of benzene rings is 1. The van der Waals surface area contributed by atoms with Crippen molar-refractivity contribution in [3.63, 3.8) is 0 Å². The van der Waals surface area contributed by atoms with E-state index in [1.54, 1.807) is 12.1 Å². The van der Waals surface area contributed by atoms with Gasteiger partial charge in [-0.15, -0.1) is 0 Å². The Morgan fingerprint density at radius 2 is 2.05 bits per heavy atom. The summed E-state index contributed by atoms with van der Waals surface area (Å²) in [6.45, 7) is 8.16. The van der Waals surface area contributed by atoms with Crippen LogP contribution in [0.25, 0.3) is 0 Å². The van der Waals surface area contributed by atoms with E-state index >= 15 is 0 Å². The molecule has 0 bridgehead atoms. The lowest BCUT2D eigenvalue weighted by Gasteiger charge is -2.29. The second-order valence-electron chi connectivity index (χ2n) is 5.58. The zero-order valence-electron chi connectivity index (χ0n) is 11.8. The number of carbonyl (C=O) groups excluding carboxylic acids is 1. The van der Waals surface area contributed by atoms with Crippen LogP contribution in [0, 0.1) is 11.2 Å². The van der Waals surface area contributed by atoms with Crippen molar-refractivity contribution in [1.82, 2.24) is 0 Å². The van der Waals surface area contributed by atoms with Gasteiger partial charge in [0, 0.05) is 17.5 Å². The van der Waals surface area contributed by atoms with E-state index in [0.717, 1.165) is 0 Å². The minimum absolute atomic E-state index is 0.0566. The molecule has 0 aliphatic rings. The summed E-state index contributed by atoms with van der Waals surface area (Å²) in [6.07, 6.45) is -0.457. The van der Waals surface area contributed by atoms with Crippen molar-refractivity contribution >= 4 is 21.7 Å². The van der Waals surface area contributed by atoms with Gasteiger partial charge in [-0.05, 0) is 30.0 Å². The van der Waals surface area contributed by atoms with Crippen LogP contribution in [-0.4, -0.2) is 18.5 Å². The summed E-state index contributed by atoms with van der Waals surface area (Å²) in [6, 6.07) is 4.73. The zero-order valence-corrected chi connectivity index (χ0v) is 13.4. The summed E-state index contributed by atoms with van der Waals surface area (Å²) in [4.78, 5) is 12.3. The highest BCUT2D eigenvalue weighted by atomic mass is 79.9. The van der Waals surface area contributed by atoms with E-state index in [9.17, 15) is 9.18 Å². The lowest BCUT2D eigenvalue weighted by molar-refractivity contribution is -0.136. The maximum absolute atomic E-state index is 13.7. The highest BCUT2D eigenvalue weighted by molar-refractivity contribution is 9.10. The fraction of sp³-hybridized carbons (Fsp3) is 0.533. The van der Waals surface area contributed by atoms with Gasteiger partial charge >= 0.3 is 0 Å². The molecule has 0 saturated carbocycles. The third-order valence-corrected chi connectivity index (χ3v) is 3.29. The molecule has 4 heteroatoms. The highest BCUT2D eigenvalue weighted by Crippen LogP contribution is 2.25. The second-order valence-corrected chi connectivity index (χ2v) is 6.50. The molecule has 0 aliphatic heterocycles. The fourth-order valence-corrected chi connectivity index (χ4v) is 2.27. The monoisotopic (exact) mass is 330 g/mol. The highest BCUT2D eigenvalue weighted by Gasteiger charge is 2.31. The van der Waals surface area contributed by atoms with E-state index in [-0.39, 0.29) is 23.4 Å². The first-order valence-electron chi connectivity index (χ1n) is 6.34. The second kappa shape index (κ2) is 6.62. The van der Waals surface area contributed by atoms with Crippen LogP contribution in [0.2, 0.25) is 0 Å². The number of ketones is 1. The Bertz CT molecular complexity index is 452. The molecule has 0 heterocycles. The van der Waals surface area contributed by atoms with Gasteiger partial charge in [0.2, 0.25) is 0 Å². The van der Waals surface area contributed by atoms with Crippen LogP contribution in [-0.2, 0) is 16.0 Å². The smallest absolute Gasteiger partial charge is 0.166 e. The molecular formula is C15H20BrFO2. The van der Waals surface area contributed by atoms with Crippen LogP contribution in [0.5, 0.6) is 0 Å². The number of Topliss-reactive ketones (excluding diaryl/α,β-unsaturated/α-hetero) is 1. The molecule has 2 nitrogen and oxygen atoms in total. The van der Waals surface area contributed by atoms with Gasteiger partial charge in [0.1, 0.15) is 11.9 Å². The van der Waals surface area contributed by atoms with E-state index in [4.69, 9.17) is 4.74 Å². The Hall–Kier alpha value is -0.740. The summed E-state index contributed by atoms with van der Waals surface area (Å²) in [7, 11) is 0. The van der Waals surface area contributed by atoms with Crippen LogP contribution in [0.1, 0.15) is 33.3 Å². The molecule has 1 atom stereocenters. The Morgan fingerprint density at radius 1 is 1.42 bits per heavy atom. The van der Waals surface area contributed by atoms with Gasteiger partial charge in [-0.1, -0.05) is 42.8 Å². The third kappa shape index (κ3) is 4.69. The molecule has 0 N–H and O–H groups in total. The van der Waals surface area contributed by atoms with Gasteiger partial charge in [0.25, 0.3) is 0 Å². The summed E-state index contributed by atoms with van der Waals surface area (Å²) in [5, 5.41) is 0. The van der Waals surface area contributed by atoms with Gasteiger partial charge in [-0.3, -0.25) is 4.79 Å². The molecule has 0 aromatic heterocycles. The van der Waals surface area contributed by atoms with E-state index in [2.05, 4.69) is 15.9 Å². The van der Waals surface area contributed by atoms with E-state index in [1.165, 1.54) is 6.07 Å². The van der Waals surface area contributed by atoms with Crippen LogP contribution >= 0.6 is 15.9 Å². The maximum atomic E-state index is 13.7. The minimum atomic E-state index is -0.513. The van der Waals surface area contributed by atoms with Crippen molar-refractivity contribution in [3.05, 3.63) is 34.1 Å². The van der Waals surface area contributed by atoms with E-state index in [1.807, 2.05) is 27.7 Å². The average Bonchev–Trinajstić information content (AvgIpc) is 2.28. The van der Waals surface area contributed by atoms with Crippen molar-refractivity contribution in [2.75, 3.05) is 6.61 Å². The summed E-state index contributed by atoms with van der Waals surface area (Å²) >= 11 is 3.20. The lowest BCUT2D eigenvalue weighted by Crippen LogP contribution is -2.38. The normalized spacial score (nSPS) is 13.4. The van der Waals surface area contributed by atoms with Crippen LogP contribution < -0.4 is 0 Å². The first-order chi connectivity index (χ1) is 8.75. The van der Waals surface area contributed by atoms with Gasteiger partial charge < -0.3 is 4.74 Å². The molecule has 0 amide bonds. The number of ether oxygens (including phenoxy) is 1. The van der Waals surface area contributed by atoms with E-state index in [0.29, 0.717) is 16.6 Å². The zero-order chi connectivity index (χ0) is 14.6. The van der Waals surface area contributed by atoms with Crippen molar-refractivity contribution in [1.29, 1.82) is 0 Å². The predicted octanol–water partition coefficient (Wildman–Crippen LogP) is 4.15. The number of halogens is 2. The average molecular weight is 331 g/mol. The summed E-state index contributed by atoms with van der Waals surface area (Å²) in [5.41, 5.74) is 0.112. The Morgan fingerprint density at radius 3 is 2.53 bits per heavy atom. The fourth-order valence-electron chi connectivity index (χ4n) is 1.94. The van der Waals surface area contributed by atoms with Crippen molar-refractivity contribution in [2.45, 2.75) is 40.2 Å². The number of carbonyl (C=O) groups is 1. The SMILES string of the molecule is CCOC(C(=O)Cc1ccc(Br)cc1F)C(C)(C)C. The van der Waals surface area contributed by atoms with Crippen LogP contribution in [0.15, 0.2) is 22.7 Å². The van der Waals surface area contributed by atoms with E-state index < -0.39 is 6.10 Å². The molecular weight excluding hydrogens is 311 g/mol. The molecule has 0 spiro atoms. The summed E-state index contributed by atoms with van der Waals surface area (Å²) in [5.74, 6) is -0.456. The first kappa shape index (κ1) is 16.3. The molecule has 0 aliphatic carbocycles. The van der Waals surface area contributed by atoms with Gasteiger partial charge in [-0.2, -0.15) is 0 Å². The lowest BCUT2D eigenvalue weighted by atomic mass is 9.84. The number of hydrogen-bond acceptors (Lipinski definition) is 2. The first-order valence-corrected chi connectivity index (χ1v) is 7.13. The van der Waals surface area contributed by atoms with Crippen LogP contribution in [0.3, 0.4) is 0 Å². The Balaban J connectivity index is 2.87. The minimum Gasteiger partial charge on any atom is -0.370 e. The maximum Gasteiger partial charge on any atom is 0.166 e. The molecule has 0 radical (unpaired) electrons. The van der Waals surface area contributed by atoms with Gasteiger partial charge in [0.05, 0.1) is 0 Å². The van der Waals surface area contributed by atoms with Crippen molar-refractivity contribution in [3.8, 4) is 0 Å². The molecule has 0 saturated heterocycles. The molecule has 106 valence electrons. The third-order valence-electron chi connectivity index (χ3n) is 2.79. The number of rotatable bonds is 5. The molecule has 1 unspecified atom stereocenters. The largest absolute Gasteiger partial charge is 0.370 e. The standard InChI is InChI=1S/C15H20BrFO2/c1-5-19-14(15(2,3)4)13(18)8-10-6-7-11(16)9-12(10)17/h6-7,9,14H,5,8H2,1-4H3. The quantitative estimate of drug-likeness (QED) is 0.810. The number of hydrogen-bond donors (Lipinski definition) is 0. The molecule has 1 aromatic carbocycles. The predicted molar refractivity (Wildman–Crippen MR) is 77.7 cm³/mol. The van der Waals surface area contributed by atoms with Gasteiger partial charge in [0.15, 0.2) is 5.78 Å².